The highest BCUT2D eigenvalue weighted by Gasteiger charge is 2.28. The van der Waals surface area contributed by atoms with Crippen molar-refractivity contribution in [1.29, 1.82) is 0 Å². The van der Waals surface area contributed by atoms with Crippen molar-refractivity contribution in [1.82, 2.24) is 5.32 Å². The first-order valence-corrected chi connectivity index (χ1v) is 8.86. The average molecular weight is 309 g/mol. The van der Waals surface area contributed by atoms with Crippen LogP contribution in [0.25, 0.3) is 0 Å². The van der Waals surface area contributed by atoms with Gasteiger partial charge >= 0.3 is 0 Å². The summed E-state index contributed by atoms with van der Waals surface area (Å²) in [6, 6.07) is 11.1. The highest BCUT2D eigenvalue weighted by molar-refractivity contribution is 8.14. The molecule has 0 bridgehead atoms. The van der Waals surface area contributed by atoms with Gasteiger partial charge in [0.15, 0.2) is 5.17 Å². The van der Waals surface area contributed by atoms with Crippen LogP contribution in [-0.4, -0.2) is 27.8 Å². The highest BCUT2D eigenvalue weighted by atomic mass is 32.2. The molecule has 1 atom stereocenters. The van der Waals surface area contributed by atoms with E-state index < -0.39 is 0 Å². The number of nitrogens with one attached hydrogen (secondary N) is 1. The van der Waals surface area contributed by atoms with Gasteiger partial charge in [0.05, 0.1) is 6.54 Å². The van der Waals surface area contributed by atoms with E-state index >= 15 is 0 Å². The molecule has 0 radical (unpaired) electrons. The number of hydrogen-bond acceptors (Lipinski definition) is 4. The maximum absolute atomic E-state index is 4.61. The molecule has 0 amide bonds. The largest absolute Gasteiger partial charge is 0.360 e. The lowest BCUT2D eigenvalue weighted by atomic mass is 10.0. The van der Waals surface area contributed by atoms with Gasteiger partial charge in [-0.05, 0) is 18.6 Å². The summed E-state index contributed by atoms with van der Waals surface area (Å²) in [4.78, 5) is 5.95. The summed E-state index contributed by atoms with van der Waals surface area (Å²) in [5.74, 6) is 0. The molecule has 0 saturated heterocycles. The summed E-state index contributed by atoms with van der Waals surface area (Å²) in [6.07, 6.45) is 1.12. The first-order chi connectivity index (χ1) is 9.44. The first-order valence-electron chi connectivity index (χ1n) is 7.16. The molecule has 0 spiro atoms. The molecular formula is C16H24N2S2. The molecule has 20 heavy (non-hydrogen) atoms. The Morgan fingerprint density at radius 1 is 1.30 bits per heavy atom. The number of hydrogen-bond donors (Lipinski definition) is 1. The van der Waals surface area contributed by atoms with Crippen molar-refractivity contribution in [3.63, 3.8) is 0 Å². The van der Waals surface area contributed by atoms with Crippen molar-refractivity contribution in [2.24, 2.45) is 4.99 Å². The molecule has 1 aromatic rings. The molecule has 0 fully saturated rings. The quantitative estimate of drug-likeness (QED) is 0.815. The van der Waals surface area contributed by atoms with E-state index in [1.165, 1.54) is 4.90 Å². The predicted octanol–water partition coefficient (Wildman–Crippen LogP) is 4.42. The second-order valence-electron chi connectivity index (χ2n) is 6.03. The molecule has 0 saturated carbocycles. The van der Waals surface area contributed by atoms with Gasteiger partial charge < -0.3 is 5.32 Å². The van der Waals surface area contributed by atoms with E-state index in [-0.39, 0.29) is 4.75 Å². The minimum Gasteiger partial charge on any atom is -0.360 e. The molecular weight excluding hydrogens is 284 g/mol. The van der Waals surface area contributed by atoms with Crippen molar-refractivity contribution >= 4 is 28.7 Å². The minimum absolute atomic E-state index is 0.215. The highest BCUT2D eigenvalue weighted by Crippen LogP contribution is 2.36. The van der Waals surface area contributed by atoms with Crippen LogP contribution in [0.3, 0.4) is 0 Å². The molecule has 1 aliphatic rings. The van der Waals surface area contributed by atoms with E-state index in [2.05, 4.69) is 68.3 Å². The van der Waals surface area contributed by atoms with Gasteiger partial charge in [-0.2, -0.15) is 0 Å². The number of aliphatic imine (C=N–C) groups is 1. The van der Waals surface area contributed by atoms with E-state index in [0.717, 1.165) is 18.1 Å². The second kappa shape index (κ2) is 6.90. The van der Waals surface area contributed by atoms with Gasteiger partial charge in [0.25, 0.3) is 0 Å². The average Bonchev–Trinajstić information content (AvgIpc) is 2.75. The van der Waals surface area contributed by atoms with Crippen molar-refractivity contribution in [2.45, 2.75) is 55.1 Å². The molecule has 2 nitrogen and oxygen atoms in total. The van der Waals surface area contributed by atoms with Gasteiger partial charge in [-0.3, -0.25) is 4.99 Å². The van der Waals surface area contributed by atoms with Gasteiger partial charge in [0, 0.05) is 20.9 Å². The fourth-order valence-corrected chi connectivity index (χ4v) is 4.36. The van der Waals surface area contributed by atoms with Gasteiger partial charge in [-0.25, -0.2) is 0 Å². The summed E-state index contributed by atoms with van der Waals surface area (Å²) < 4.78 is 0.215. The topological polar surface area (TPSA) is 24.4 Å². The van der Waals surface area contributed by atoms with Gasteiger partial charge in [-0.1, -0.05) is 57.7 Å². The standard InChI is InChI=1S/C16H24N2S2/c1-12(2)19-15-17-11-13(18-15)10-16(3,4)20-14-8-6-5-7-9-14/h5-9,12-13H,10-11H2,1-4H3,(H,17,18). The Bertz CT molecular complexity index is 455. The number of thioether (sulfide) groups is 2. The van der Waals surface area contributed by atoms with E-state index in [9.17, 15) is 0 Å². The Hall–Kier alpha value is -0.610. The Kier molecular flexibility index (Phi) is 5.44. The first kappa shape index (κ1) is 15.8. The van der Waals surface area contributed by atoms with Crippen molar-refractivity contribution in [3.8, 4) is 0 Å². The van der Waals surface area contributed by atoms with Gasteiger partial charge in [0.2, 0.25) is 0 Å². The van der Waals surface area contributed by atoms with Crippen LogP contribution in [0.1, 0.15) is 34.1 Å². The van der Waals surface area contributed by atoms with Gasteiger partial charge in [0.1, 0.15) is 0 Å². The summed E-state index contributed by atoms with van der Waals surface area (Å²) in [5.41, 5.74) is 0. The van der Waals surface area contributed by atoms with Crippen molar-refractivity contribution in [3.05, 3.63) is 30.3 Å². The molecule has 0 aromatic heterocycles. The molecule has 1 aliphatic heterocycles. The second-order valence-corrected chi connectivity index (χ2v) is 9.38. The fourth-order valence-electron chi connectivity index (χ4n) is 2.31. The fraction of sp³-hybridized carbons (Fsp3) is 0.562. The molecule has 0 aliphatic carbocycles. The molecule has 2 rings (SSSR count). The van der Waals surface area contributed by atoms with Crippen LogP contribution in [0.15, 0.2) is 40.2 Å². The van der Waals surface area contributed by atoms with Crippen LogP contribution < -0.4 is 5.32 Å². The maximum Gasteiger partial charge on any atom is 0.157 e. The van der Waals surface area contributed by atoms with Gasteiger partial charge in [-0.15, -0.1) is 11.8 Å². The zero-order chi connectivity index (χ0) is 14.6. The van der Waals surface area contributed by atoms with Crippen LogP contribution in [0, 0.1) is 0 Å². The lowest BCUT2D eigenvalue weighted by Crippen LogP contribution is -2.35. The Morgan fingerprint density at radius 2 is 2.00 bits per heavy atom. The van der Waals surface area contributed by atoms with Crippen LogP contribution >= 0.6 is 23.5 Å². The molecule has 1 heterocycles. The summed E-state index contributed by atoms with van der Waals surface area (Å²) in [5, 5.41) is 5.27. The van der Waals surface area contributed by atoms with Crippen LogP contribution in [0.4, 0.5) is 0 Å². The van der Waals surface area contributed by atoms with E-state index in [1.807, 2.05) is 23.5 Å². The third-order valence-electron chi connectivity index (χ3n) is 3.01. The van der Waals surface area contributed by atoms with Crippen LogP contribution in [0.2, 0.25) is 0 Å². The Labute approximate surface area is 131 Å². The Balaban J connectivity index is 1.84. The van der Waals surface area contributed by atoms with Crippen molar-refractivity contribution in [2.75, 3.05) is 6.54 Å². The molecule has 1 aromatic carbocycles. The summed E-state index contributed by atoms with van der Waals surface area (Å²) in [7, 11) is 0. The maximum atomic E-state index is 4.61. The molecule has 110 valence electrons. The number of rotatable bonds is 5. The third kappa shape index (κ3) is 5.06. The smallest absolute Gasteiger partial charge is 0.157 e. The zero-order valence-corrected chi connectivity index (χ0v) is 14.4. The monoisotopic (exact) mass is 308 g/mol. The Morgan fingerprint density at radius 3 is 2.65 bits per heavy atom. The summed E-state index contributed by atoms with van der Waals surface area (Å²) in [6.45, 7) is 9.96. The van der Waals surface area contributed by atoms with Crippen molar-refractivity contribution < 1.29 is 0 Å². The summed E-state index contributed by atoms with van der Waals surface area (Å²) >= 11 is 3.78. The lowest BCUT2D eigenvalue weighted by Gasteiger charge is -2.27. The third-order valence-corrected chi connectivity index (χ3v) is 5.17. The SMILES string of the molecule is CC(C)SC1=NCC(CC(C)(C)Sc2ccccc2)N1. The van der Waals surface area contributed by atoms with Crippen LogP contribution in [-0.2, 0) is 0 Å². The minimum atomic E-state index is 0.215. The number of amidine groups is 1. The normalized spacial score (nSPS) is 19.1. The van der Waals surface area contributed by atoms with E-state index in [1.54, 1.807) is 0 Å². The zero-order valence-electron chi connectivity index (χ0n) is 12.7. The lowest BCUT2D eigenvalue weighted by molar-refractivity contribution is 0.522. The van der Waals surface area contributed by atoms with E-state index in [0.29, 0.717) is 11.3 Å². The predicted molar refractivity (Wildman–Crippen MR) is 92.9 cm³/mol. The number of nitrogens with zero attached hydrogens (tertiary/aromatic N) is 1. The molecule has 1 unspecified atom stereocenters. The molecule has 1 N–H and O–H groups in total. The number of benzene rings is 1. The van der Waals surface area contributed by atoms with E-state index in [4.69, 9.17) is 0 Å². The van der Waals surface area contributed by atoms with Crippen LogP contribution in [0.5, 0.6) is 0 Å². The molecule has 4 heteroatoms.